The van der Waals surface area contributed by atoms with Crippen LogP contribution in [0.3, 0.4) is 0 Å². The van der Waals surface area contributed by atoms with Gasteiger partial charge < -0.3 is 0 Å². The van der Waals surface area contributed by atoms with Crippen molar-refractivity contribution in [1.29, 1.82) is 0 Å². The Bertz CT molecular complexity index is 442. The molecule has 1 saturated heterocycles. The lowest BCUT2D eigenvalue weighted by Gasteiger charge is -2.22. The molecular formula is C8H3F4NO2. The van der Waals surface area contributed by atoms with Crippen molar-refractivity contribution in [1.82, 2.24) is 5.32 Å². The maximum Gasteiger partial charge on any atom is 0.272 e. The van der Waals surface area contributed by atoms with E-state index in [0.29, 0.717) is 0 Å². The van der Waals surface area contributed by atoms with E-state index >= 15 is 0 Å². The Labute approximate surface area is 80.4 Å². The highest BCUT2D eigenvalue weighted by Crippen LogP contribution is 2.44. The molecule has 1 N–H and O–H groups in total. The van der Waals surface area contributed by atoms with Gasteiger partial charge in [-0.2, -0.15) is 0 Å². The van der Waals surface area contributed by atoms with Crippen molar-refractivity contribution in [2.45, 2.75) is 5.67 Å². The zero-order valence-electron chi connectivity index (χ0n) is 6.98. The molecule has 1 aliphatic heterocycles. The molecule has 2 unspecified atom stereocenters. The van der Waals surface area contributed by atoms with E-state index < -0.39 is 40.9 Å². The number of imide groups is 1. The number of carbonyl (C=O) groups excluding carboxylic acids is 2. The number of amides is 2. The van der Waals surface area contributed by atoms with Gasteiger partial charge in [-0.3, -0.25) is 14.9 Å². The van der Waals surface area contributed by atoms with Gasteiger partial charge in [-0.1, -0.05) is 0 Å². The third-order valence-electron chi connectivity index (χ3n) is 2.31. The van der Waals surface area contributed by atoms with Crippen LogP contribution >= 0.6 is 0 Å². The molecule has 3 nitrogen and oxygen atoms in total. The van der Waals surface area contributed by atoms with Crippen LogP contribution < -0.4 is 5.32 Å². The normalized spacial score (nSPS) is 35.2. The van der Waals surface area contributed by atoms with E-state index in [-0.39, 0.29) is 6.08 Å². The Balaban J connectivity index is 2.64. The maximum atomic E-state index is 13.7. The lowest BCUT2D eigenvalue weighted by Crippen LogP contribution is -2.40. The molecule has 2 amide bonds. The Kier molecular flexibility index (Phi) is 1.76. The first-order chi connectivity index (χ1) is 6.89. The average Bonchev–Trinajstić information content (AvgIpc) is 2.39. The fourth-order valence-corrected chi connectivity index (χ4v) is 1.51. The van der Waals surface area contributed by atoms with Crippen LogP contribution in [-0.2, 0) is 9.59 Å². The fraction of sp³-hybridized carbons (Fsp3) is 0.250. The number of rotatable bonds is 0. The maximum absolute atomic E-state index is 13.7. The second kappa shape index (κ2) is 2.68. The molecule has 2 rings (SSSR count). The van der Waals surface area contributed by atoms with Crippen molar-refractivity contribution in [3.63, 3.8) is 0 Å². The molecule has 1 fully saturated rings. The summed E-state index contributed by atoms with van der Waals surface area (Å²) in [5.74, 6) is -10.8. The van der Waals surface area contributed by atoms with Gasteiger partial charge in [-0.15, -0.1) is 0 Å². The van der Waals surface area contributed by atoms with E-state index in [2.05, 4.69) is 0 Å². The lowest BCUT2D eigenvalue weighted by atomic mass is 9.86. The molecule has 80 valence electrons. The van der Waals surface area contributed by atoms with Crippen molar-refractivity contribution in [2.24, 2.45) is 5.92 Å². The minimum Gasteiger partial charge on any atom is -0.293 e. The monoisotopic (exact) mass is 221 g/mol. The van der Waals surface area contributed by atoms with Gasteiger partial charge in [-0.05, 0) is 6.08 Å². The molecule has 0 aromatic rings. The van der Waals surface area contributed by atoms with Crippen LogP contribution in [0, 0.1) is 5.92 Å². The number of nitrogens with one attached hydrogen (secondary N) is 1. The molecule has 0 aromatic carbocycles. The van der Waals surface area contributed by atoms with Crippen molar-refractivity contribution < 1.29 is 27.2 Å². The SMILES string of the molecule is O=C1NC(=O)C2(F)C(F)=C(F)C(F)=CC12. The Morgan fingerprint density at radius 3 is 2.47 bits per heavy atom. The molecule has 2 aliphatic rings. The minimum atomic E-state index is -3.45. The zero-order valence-corrected chi connectivity index (χ0v) is 6.98. The molecule has 0 aromatic heterocycles. The Morgan fingerprint density at radius 2 is 1.87 bits per heavy atom. The molecule has 1 aliphatic carbocycles. The minimum absolute atomic E-state index is 0.249. The molecular weight excluding hydrogens is 218 g/mol. The molecule has 2 atom stereocenters. The van der Waals surface area contributed by atoms with E-state index in [1.807, 2.05) is 0 Å². The predicted octanol–water partition coefficient (Wildman–Crippen LogP) is 0.985. The van der Waals surface area contributed by atoms with Crippen LogP contribution in [0.2, 0.25) is 0 Å². The Hall–Kier alpha value is -1.66. The first-order valence-corrected chi connectivity index (χ1v) is 3.86. The largest absolute Gasteiger partial charge is 0.293 e. The summed E-state index contributed by atoms with van der Waals surface area (Å²) in [7, 11) is 0. The molecule has 15 heavy (non-hydrogen) atoms. The molecule has 0 bridgehead atoms. The van der Waals surface area contributed by atoms with Gasteiger partial charge in [0.05, 0.1) is 0 Å². The highest BCUT2D eigenvalue weighted by molar-refractivity contribution is 6.12. The van der Waals surface area contributed by atoms with Crippen LogP contribution in [-0.4, -0.2) is 17.5 Å². The first kappa shape index (κ1) is 9.88. The second-order valence-corrected chi connectivity index (χ2v) is 3.15. The average molecular weight is 221 g/mol. The second-order valence-electron chi connectivity index (χ2n) is 3.15. The van der Waals surface area contributed by atoms with Gasteiger partial charge in [0.2, 0.25) is 5.91 Å². The summed E-state index contributed by atoms with van der Waals surface area (Å²) >= 11 is 0. The number of fused-ring (bicyclic) bond motifs is 1. The topological polar surface area (TPSA) is 46.2 Å². The van der Waals surface area contributed by atoms with Crippen LogP contribution in [0.4, 0.5) is 17.6 Å². The van der Waals surface area contributed by atoms with E-state index in [9.17, 15) is 27.2 Å². The third-order valence-corrected chi connectivity index (χ3v) is 2.31. The number of alkyl halides is 1. The van der Waals surface area contributed by atoms with E-state index in [1.165, 1.54) is 5.32 Å². The molecule has 7 heteroatoms. The fourth-order valence-electron chi connectivity index (χ4n) is 1.51. The van der Waals surface area contributed by atoms with Gasteiger partial charge in [0, 0.05) is 0 Å². The van der Waals surface area contributed by atoms with Gasteiger partial charge in [0.25, 0.3) is 11.6 Å². The number of hydrogen-bond acceptors (Lipinski definition) is 2. The predicted molar refractivity (Wildman–Crippen MR) is 38.9 cm³/mol. The van der Waals surface area contributed by atoms with Crippen LogP contribution in [0.25, 0.3) is 0 Å². The number of halogens is 4. The highest BCUT2D eigenvalue weighted by atomic mass is 19.2. The van der Waals surface area contributed by atoms with Crippen molar-refractivity contribution in [3.8, 4) is 0 Å². The smallest absolute Gasteiger partial charge is 0.272 e. The number of carbonyl (C=O) groups is 2. The molecule has 0 saturated carbocycles. The Morgan fingerprint density at radius 1 is 1.27 bits per heavy atom. The molecule has 1 heterocycles. The lowest BCUT2D eigenvalue weighted by molar-refractivity contribution is -0.129. The van der Waals surface area contributed by atoms with Crippen LogP contribution in [0.5, 0.6) is 0 Å². The van der Waals surface area contributed by atoms with Crippen molar-refractivity contribution >= 4 is 11.8 Å². The van der Waals surface area contributed by atoms with E-state index in [4.69, 9.17) is 0 Å². The summed E-state index contributed by atoms with van der Waals surface area (Å²) in [6.45, 7) is 0. The summed E-state index contributed by atoms with van der Waals surface area (Å²) in [5, 5.41) is 1.47. The highest BCUT2D eigenvalue weighted by Gasteiger charge is 2.62. The standard InChI is InChI=1S/C8H3F4NO2/c9-3-1-2-6(14)13-7(15)8(2,12)5(11)4(3)10/h1-2H,(H,13,14,15). The van der Waals surface area contributed by atoms with Crippen molar-refractivity contribution in [2.75, 3.05) is 0 Å². The summed E-state index contributed by atoms with van der Waals surface area (Å²) in [4.78, 5) is 21.8. The summed E-state index contributed by atoms with van der Waals surface area (Å²) in [6.07, 6.45) is 0.249. The van der Waals surface area contributed by atoms with E-state index in [1.54, 1.807) is 0 Å². The summed E-state index contributed by atoms with van der Waals surface area (Å²) < 4.78 is 52.1. The van der Waals surface area contributed by atoms with Gasteiger partial charge >= 0.3 is 0 Å². The number of allylic oxidation sites excluding steroid dienone is 2. The molecule has 0 radical (unpaired) electrons. The van der Waals surface area contributed by atoms with Gasteiger partial charge in [-0.25, -0.2) is 17.6 Å². The van der Waals surface area contributed by atoms with Crippen LogP contribution in [0.15, 0.2) is 23.6 Å². The summed E-state index contributed by atoms with van der Waals surface area (Å²) in [6, 6.07) is 0. The summed E-state index contributed by atoms with van der Waals surface area (Å²) in [5.41, 5.74) is -3.45. The third kappa shape index (κ3) is 0.999. The zero-order chi connectivity index (χ0) is 11.4. The quantitative estimate of drug-likeness (QED) is 0.489. The van der Waals surface area contributed by atoms with Gasteiger partial charge in [0.15, 0.2) is 17.5 Å². The van der Waals surface area contributed by atoms with Crippen molar-refractivity contribution in [3.05, 3.63) is 23.6 Å². The van der Waals surface area contributed by atoms with Gasteiger partial charge in [0.1, 0.15) is 5.92 Å². The first-order valence-electron chi connectivity index (χ1n) is 3.86. The number of hydrogen-bond donors (Lipinski definition) is 1. The van der Waals surface area contributed by atoms with E-state index in [0.717, 1.165) is 0 Å². The van der Waals surface area contributed by atoms with Crippen LogP contribution in [0.1, 0.15) is 0 Å². The molecule has 0 spiro atoms.